The SMILES string of the molecule is C=CCOC(=O)c1ccccc1C(=O)c1ccc(N(CC)CC)cc1O. The molecule has 136 valence electrons. The molecule has 0 aliphatic carbocycles. The van der Waals surface area contributed by atoms with Gasteiger partial charge in [0.25, 0.3) is 0 Å². The quantitative estimate of drug-likeness (QED) is 0.444. The van der Waals surface area contributed by atoms with E-state index in [-0.39, 0.29) is 29.0 Å². The summed E-state index contributed by atoms with van der Waals surface area (Å²) < 4.78 is 5.04. The zero-order valence-corrected chi connectivity index (χ0v) is 15.1. The first-order chi connectivity index (χ1) is 12.5. The third-order valence-electron chi connectivity index (χ3n) is 4.08. The summed E-state index contributed by atoms with van der Waals surface area (Å²) in [5.74, 6) is -1.15. The Morgan fingerprint density at radius 2 is 1.73 bits per heavy atom. The van der Waals surface area contributed by atoms with Crippen LogP contribution in [0.1, 0.15) is 40.1 Å². The number of nitrogens with zero attached hydrogens (tertiary/aromatic N) is 1. The van der Waals surface area contributed by atoms with Gasteiger partial charge in [-0.2, -0.15) is 0 Å². The van der Waals surface area contributed by atoms with Gasteiger partial charge in [0.05, 0.1) is 11.1 Å². The molecule has 0 radical (unpaired) electrons. The third-order valence-corrected chi connectivity index (χ3v) is 4.08. The molecule has 0 aromatic heterocycles. The number of aromatic hydroxyl groups is 1. The Bertz CT molecular complexity index is 809. The standard InChI is InChI=1S/C21H23NO4/c1-4-13-26-21(25)17-10-8-7-9-16(17)20(24)18-12-11-15(14-19(18)23)22(5-2)6-3/h4,7-12,14,23H,1,5-6,13H2,2-3H3. The molecule has 26 heavy (non-hydrogen) atoms. The first-order valence-electron chi connectivity index (χ1n) is 8.53. The molecule has 0 fully saturated rings. The molecule has 0 spiro atoms. The number of benzene rings is 2. The summed E-state index contributed by atoms with van der Waals surface area (Å²) in [6.45, 7) is 9.18. The van der Waals surface area contributed by atoms with E-state index in [9.17, 15) is 14.7 Å². The average Bonchev–Trinajstić information content (AvgIpc) is 2.66. The van der Waals surface area contributed by atoms with Crippen LogP contribution < -0.4 is 4.90 Å². The molecule has 0 saturated heterocycles. The highest BCUT2D eigenvalue weighted by molar-refractivity contribution is 6.15. The Labute approximate surface area is 153 Å². The van der Waals surface area contributed by atoms with Crippen LogP contribution in [0.5, 0.6) is 5.75 Å². The zero-order valence-electron chi connectivity index (χ0n) is 15.1. The van der Waals surface area contributed by atoms with Crippen LogP contribution >= 0.6 is 0 Å². The van der Waals surface area contributed by atoms with Crippen molar-refractivity contribution in [2.75, 3.05) is 24.6 Å². The maximum atomic E-state index is 12.9. The van der Waals surface area contributed by atoms with Crippen LogP contribution in [0.2, 0.25) is 0 Å². The number of hydrogen-bond acceptors (Lipinski definition) is 5. The first kappa shape index (κ1) is 19.2. The van der Waals surface area contributed by atoms with E-state index in [1.165, 1.54) is 12.1 Å². The molecular formula is C21H23NO4. The lowest BCUT2D eigenvalue weighted by atomic mass is 9.97. The Balaban J connectivity index is 2.38. The van der Waals surface area contributed by atoms with Crippen molar-refractivity contribution in [3.8, 4) is 5.75 Å². The van der Waals surface area contributed by atoms with Crippen molar-refractivity contribution < 1.29 is 19.4 Å². The summed E-state index contributed by atoms with van der Waals surface area (Å²) in [4.78, 5) is 27.1. The monoisotopic (exact) mass is 353 g/mol. The van der Waals surface area contributed by atoms with Crippen molar-refractivity contribution in [1.82, 2.24) is 0 Å². The van der Waals surface area contributed by atoms with Gasteiger partial charge in [-0.05, 0) is 32.0 Å². The summed E-state index contributed by atoms with van der Waals surface area (Å²) in [5.41, 5.74) is 1.33. The maximum Gasteiger partial charge on any atom is 0.339 e. The van der Waals surface area contributed by atoms with Gasteiger partial charge >= 0.3 is 5.97 Å². The van der Waals surface area contributed by atoms with Gasteiger partial charge in [-0.1, -0.05) is 30.9 Å². The second-order valence-electron chi connectivity index (χ2n) is 5.64. The highest BCUT2D eigenvalue weighted by Crippen LogP contribution is 2.27. The van der Waals surface area contributed by atoms with E-state index >= 15 is 0 Å². The van der Waals surface area contributed by atoms with Gasteiger partial charge < -0.3 is 14.7 Å². The maximum absolute atomic E-state index is 12.9. The number of phenols is 1. The molecule has 2 aromatic carbocycles. The van der Waals surface area contributed by atoms with E-state index in [1.54, 1.807) is 36.4 Å². The Morgan fingerprint density at radius 1 is 1.08 bits per heavy atom. The fraction of sp³-hybridized carbons (Fsp3) is 0.238. The molecule has 0 heterocycles. The van der Waals surface area contributed by atoms with E-state index < -0.39 is 11.8 Å². The van der Waals surface area contributed by atoms with Crippen molar-refractivity contribution in [3.63, 3.8) is 0 Å². The van der Waals surface area contributed by atoms with Gasteiger partial charge in [-0.25, -0.2) is 4.79 Å². The third kappa shape index (κ3) is 4.11. The van der Waals surface area contributed by atoms with E-state index in [1.807, 2.05) is 13.8 Å². The molecule has 0 aliphatic heterocycles. The predicted molar refractivity (Wildman–Crippen MR) is 102 cm³/mol. The first-order valence-corrected chi connectivity index (χ1v) is 8.53. The number of phenolic OH excluding ortho intramolecular Hbond substituents is 1. The summed E-state index contributed by atoms with van der Waals surface area (Å²) in [5, 5.41) is 10.4. The van der Waals surface area contributed by atoms with Crippen molar-refractivity contribution in [3.05, 3.63) is 71.8 Å². The Morgan fingerprint density at radius 3 is 2.31 bits per heavy atom. The van der Waals surface area contributed by atoms with Gasteiger partial charge in [-0.3, -0.25) is 4.79 Å². The minimum atomic E-state index is -0.604. The summed E-state index contributed by atoms with van der Waals surface area (Å²) in [6.07, 6.45) is 1.46. The van der Waals surface area contributed by atoms with Crippen molar-refractivity contribution in [2.24, 2.45) is 0 Å². The summed E-state index contributed by atoms with van der Waals surface area (Å²) in [6, 6.07) is 11.3. The fourth-order valence-corrected chi connectivity index (χ4v) is 2.71. The minimum Gasteiger partial charge on any atom is -0.507 e. The Kier molecular flexibility index (Phi) is 6.55. The molecule has 2 aromatic rings. The number of esters is 1. The smallest absolute Gasteiger partial charge is 0.339 e. The molecule has 2 rings (SSSR count). The molecule has 0 bridgehead atoms. The topological polar surface area (TPSA) is 66.8 Å². The number of rotatable bonds is 8. The molecular weight excluding hydrogens is 330 g/mol. The van der Waals surface area contributed by atoms with Crippen molar-refractivity contribution in [1.29, 1.82) is 0 Å². The molecule has 0 saturated carbocycles. The number of anilines is 1. The Hall–Kier alpha value is -3.08. The van der Waals surface area contributed by atoms with Crippen LogP contribution in [0.3, 0.4) is 0 Å². The lowest BCUT2D eigenvalue weighted by Gasteiger charge is -2.21. The second-order valence-corrected chi connectivity index (χ2v) is 5.64. The second kappa shape index (κ2) is 8.85. The summed E-state index contributed by atoms with van der Waals surface area (Å²) in [7, 11) is 0. The lowest BCUT2D eigenvalue weighted by molar-refractivity contribution is 0.0546. The summed E-state index contributed by atoms with van der Waals surface area (Å²) >= 11 is 0. The van der Waals surface area contributed by atoms with Gasteiger partial charge in [0.1, 0.15) is 12.4 Å². The number of carbonyl (C=O) groups excluding carboxylic acids is 2. The van der Waals surface area contributed by atoms with Crippen LogP contribution in [0.25, 0.3) is 0 Å². The van der Waals surface area contributed by atoms with Crippen LogP contribution in [0.4, 0.5) is 5.69 Å². The highest BCUT2D eigenvalue weighted by Gasteiger charge is 2.21. The van der Waals surface area contributed by atoms with Gasteiger partial charge in [0.2, 0.25) is 0 Å². The van der Waals surface area contributed by atoms with Gasteiger partial charge in [-0.15, -0.1) is 0 Å². The normalized spacial score (nSPS) is 10.2. The molecule has 0 aliphatic rings. The number of carbonyl (C=O) groups is 2. The molecule has 0 amide bonds. The lowest BCUT2D eigenvalue weighted by Crippen LogP contribution is -2.21. The number of ketones is 1. The van der Waals surface area contributed by atoms with Crippen LogP contribution in [0, 0.1) is 0 Å². The number of hydrogen-bond donors (Lipinski definition) is 1. The van der Waals surface area contributed by atoms with Crippen LogP contribution in [-0.2, 0) is 4.74 Å². The van der Waals surface area contributed by atoms with Crippen LogP contribution in [-0.4, -0.2) is 36.6 Å². The van der Waals surface area contributed by atoms with E-state index in [0.29, 0.717) is 0 Å². The molecule has 0 unspecified atom stereocenters. The molecule has 5 nitrogen and oxygen atoms in total. The fourth-order valence-electron chi connectivity index (χ4n) is 2.71. The van der Waals surface area contributed by atoms with Gasteiger partial charge in [0.15, 0.2) is 5.78 Å². The molecule has 5 heteroatoms. The highest BCUT2D eigenvalue weighted by atomic mass is 16.5. The van der Waals surface area contributed by atoms with Gasteiger partial charge in [0, 0.05) is 30.4 Å². The average molecular weight is 353 g/mol. The largest absolute Gasteiger partial charge is 0.507 e. The number of ether oxygens (including phenoxy) is 1. The van der Waals surface area contributed by atoms with E-state index in [4.69, 9.17) is 4.74 Å². The minimum absolute atomic E-state index is 0.0607. The van der Waals surface area contributed by atoms with E-state index in [2.05, 4.69) is 11.5 Å². The van der Waals surface area contributed by atoms with Crippen LogP contribution in [0.15, 0.2) is 55.1 Å². The van der Waals surface area contributed by atoms with Crippen molar-refractivity contribution in [2.45, 2.75) is 13.8 Å². The zero-order chi connectivity index (χ0) is 19.1. The van der Waals surface area contributed by atoms with Crippen molar-refractivity contribution >= 4 is 17.4 Å². The molecule has 1 N–H and O–H groups in total. The van der Waals surface area contributed by atoms with E-state index in [0.717, 1.165) is 18.8 Å². The molecule has 0 atom stereocenters. The predicted octanol–water partition coefficient (Wildman–Crippen LogP) is 3.81.